The minimum absolute atomic E-state index is 0.285. The van der Waals surface area contributed by atoms with Crippen LogP contribution in [0.25, 0.3) is 0 Å². The molecule has 0 aliphatic heterocycles. The third-order valence-electron chi connectivity index (χ3n) is 3.06. The Kier molecular flexibility index (Phi) is 9.42. The summed E-state index contributed by atoms with van der Waals surface area (Å²) in [6.45, 7) is 6.65. The van der Waals surface area contributed by atoms with E-state index in [9.17, 15) is 5.11 Å². The van der Waals surface area contributed by atoms with E-state index in [-0.39, 0.29) is 6.61 Å². The summed E-state index contributed by atoms with van der Waals surface area (Å²) < 4.78 is 10.8. The lowest BCUT2D eigenvalue weighted by Crippen LogP contribution is -2.26. The quantitative estimate of drug-likeness (QED) is 0.615. The number of anilines is 1. The maximum absolute atomic E-state index is 9.86. The maximum atomic E-state index is 9.86. The number of nitrogens with one attached hydrogen (secondary N) is 1. The number of aryl methyl sites for hydroxylation is 1. The summed E-state index contributed by atoms with van der Waals surface area (Å²) >= 11 is 6.11. The molecule has 21 heavy (non-hydrogen) atoms. The predicted octanol–water partition coefficient (Wildman–Crippen LogP) is 3.25. The van der Waals surface area contributed by atoms with Gasteiger partial charge >= 0.3 is 0 Å². The highest BCUT2D eigenvalue weighted by molar-refractivity contribution is 6.33. The molecule has 1 rings (SSSR count). The summed E-state index contributed by atoms with van der Waals surface area (Å²) in [5.74, 6) is 0. The molecule has 0 aromatic heterocycles. The summed E-state index contributed by atoms with van der Waals surface area (Å²) in [7, 11) is 0. The SMILES string of the molecule is CCCCOCCOCC(O)CNc1c(C)cccc1Cl. The Bertz CT molecular complexity index is 381. The van der Waals surface area contributed by atoms with Crippen LogP contribution in [0.1, 0.15) is 25.3 Å². The molecule has 4 nitrogen and oxygen atoms in total. The molecule has 0 amide bonds. The first-order valence-corrected chi connectivity index (χ1v) is 7.85. The van der Waals surface area contributed by atoms with Crippen LogP contribution in [0.15, 0.2) is 18.2 Å². The number of rotatable bonds is 11. The van der Waals surface area contributed by atoms with E-state index in [1.54, 1.807) is 0 Å². The molecule has 1 aromatic carbocycles. The number of aliphatic hydroxyl groups excluding tert-OH is 1. The third kappa shape index (κ3) is 7.67. The molecule has 120 valence electrons. The summed E-state index contributed by atoms with van der Waals surface area (Å²) in [6, 6.07) is 5.71. The number of hydrogen-bond acceptors (Lipinski definition) is 4. The van der Waals surface area contributed by atoms with Crippen LogP contribution in [0.3, 0.4) is 0 Å². The van der Waals surface area contributed by atoms with Crippen LogP contribution in [-0.2, 0) is 9.47 Å². The first kappa shape index (κ1) is 18.2. The summed E-state index contributed by atoms with van der Waals surface area (Å²) in [6.07, 6.45) is 1.63. The van der Waals surface area contributed by atoms with Crippen LogP contribution in [-0.4, -0.2) is 44.2 Å². The molecule has 0 aliphatic rings. The molecular formula is C16H26ClNO3. The molecule has 0 radical (unpaired) electrons. The Morgan fingerprint density at radius 3 is 2.71 bits per heavy atom. The zero-order chi connectivity index (χ0) is 15.5. The molecule has 0 fully saturated rings. The summed E-state index contributed by atoms with van der Waals surface area (Å²) in [5.41, 5.74) is 1.92. The highest BCUT2D eigenvalue weighted by Crippen LogP contribution is 2.24. The zero-order valence-electron chi connectivity index (χ0n) is 12.9. The average Bonchev–Trinajstić information content (AvgIpc) is 2.46. The van der Waals surface area contributed by atoms with E-state index in [0.29, 0.717) is 24.8 Å². The van der Waals surface area contributed by atoms with Crippen molar-refractivity contribution in [3.05, 3.63) is 28.8 Å². The van der Waals surface area contributed by atoms with Crippen LogP contribution in [0.2, 0.25) is 5.02 Å². The van der Waals surface area contributed by atoms with Crippen LogP contribution in [0, 0.1) is 6.92 Å². The van der Waals surface area contributed by atoms with Crippen molar-refractivity contribution in [2.75, 3.05) is 38.3 Å². The lowest BCUT2D eigenvalue weighted by atomic mass is 10.2. The number of benzene rings is 1. The molecule has 0 saturated heterocycles. The molecule has 1 aromatic rings. The van der Waals surface area contributed by atoms with Crippen molar-refractivity contribution in [3.63, 3.8) is 0 Å². The van der Waals surface area contributed by atoms with Gasteiger partial charge in [-0.15, -0.1) is 0 Å². The fourth-order valence-electron chi connectivity index (χ4n) is 1.82. The van der Waals surface area contributed by atoms with Crippen molar-refractivity contribution >= 4 is 17.3 Å². The summed E-state index contributed by atoms with van der Waals surface area (Å²) in [5, 5.41) is 13.7. The lowest BCUT2D eigenvalue weighted by Gasteiger charge is -2.15. The van der Waals surface area contributed by atoms with Crippen molar-refractivity contribution < 1.29 is 14.6 Å². The Morgan fingerprint density at radius 1 is 1.24 bits per heavy atom. The standard InChI is InChI=1S/C16H26ClNO3/c1-3-4-8-20-9-10-21-12-14(19)11-18-16-13(2)6-5-7-15(16)17/h5-7,14,18-19H,3-4,8-12H2,1-2H3. The fraction of sp³-hybridized carbons (Fsp3) is 0.625. The highest BCUT2D eigenvalue weighted by atomic mass is 35.5. The van der Waals surface area contributed by atoms with Crippen LogP contribution < -0.4 is 5.32 Å². The van der Waals surface area contributed by atoms with Gasteiger partial charge in [-0.1, -0.05) is 37.1 Å². The van der Waals surface area contributed by atoms with Crippen molar-refractivity contribution in [2.24, 2.45) is 0 Å². The van der Waals surface area contributed by atoms with Gasteiger partial charge in [-0.05, 0) is 25.0 Å². The molecule has 0 bridgehead atoms. The van der Waals surface area contributed by atoms with Gasteiger partial charge in [0.15, 0.2) is 0 Å². The first-order chi connectivity index (χ1) is 10.1. The first-order valence-electron chi connectivity index (χ1n) is 7.47. The van der Waals surface area contributed by atoms with Gasteiger partial charge in [-0.25, -0.2) is 0 Å². The van der Waals surface area contributed by atoms with E-state index >= 15 is 0 Å². The molecular weight excluding hydrogens is 290 g/mol. The second kappa shape index (κ2) is 10.9. The van der Waals surface area contributed by atoms with Gasteiger partial charge in [0.2, 0.25) is 0 Å². The van der Waals surface area contributed by atoms with Gasteiger partial charge in [0.25, 0.3) is 0 Å². The molecule has 0 spiro atoms. The third-order valence-corrected chi connectivity index (χ3v) is 3.38. The molecule has 0 saturated carbocycles. The lowest BCUT2D eigenvalue weighted by molar-refractivity contribution is 0.00749. The molecule has 1 unspecified atom stereocenters. The van der Waals surface area contributed by atoms with E-state index in [1.807, 2.05) is 25.1 Å². The van der Waals surface area contributed by atoms with E-state index in [0.717, 1.165) is 30.7 Å². The Balaban J connectivity index is 2.12. The number of aliphatic hydroxyl groups is 1. The number of hydrogen-bond donors (Lipinski definition) is 2. The second-order valence-corrected chi connectivity index (χ2v) is 5.41. The number of ether oxygens (including phenoxy) is 2. The van der Waals surface area contributed by atoms with E-state index in [2.05, 4.69) is 12.2 Å². The number of para-hydroxylation sites is 1. The van der Waals surface area contributed by atoms with Crippen LogP contribution in [0.5, 0.6) is 0 Å². The van der Waals surface area contributed by atoms with Gasteiger partial charge in [-0.2, -0.15) is 0 Å². The summed E-state index contributed by atoms with van der Waals surface area (Å²) in [4.78, 5) is 0. The monoisotopic (exact) mass is 315 g/mol. The van der Waals surface area contributed by atoms with Gasteiger partial charge in [0.1, 0.15) is 0 Å². The topological polar surface area (TPSA) is 50.7 Å². The highest BCUT2D eigenvalue weighted by Gasteiger charge is 2.07. The normalized spacial score (nSPS) is 12.4. The minimum atomic E-state index is -0.573. The van der Waals surface area contributed by atoms with E-state index in [4.69, 9.17) is 21.1 Å². The largest absolute Gasteiger partial charge is 0.389 e. The Morgan fingerprint density at radius 2 is 2.00 bits per heavy atom. The average molecular weight is 316 g/mol. The molecule has 5 heteroatoms. The number of halogens is 1. The number of unbranched alkanes of at least 4 members (excludes halogenated alkanes) is 1. The zero-order valence-corrected chi connectivity index (χ0v) is 13.7. The Hall–Kier alpha value is -0.810. The minimum Gasteiger partial charge on any atom is -0.389 e. The van der Waals surface area contributed by atoms with Crippen LogP contribution >= 0.6 is 11.6 Å². The van der Waals surface area contributed by atoms with E-state index < -0.39 is 6.10 Å². The van der Waals surface area contributed by atoms with Crippen molar-refractivity contribution in [1.29, 1.82) is 0 Å². The van der Waals surface area contributed by atoms with E-state index in [1.165, 1.54) is 0 Å². The van der Waals surface area contributed by atoms with Gasteiger partial charge in [0, 0.05) is 13.2 Å². The fourth-order valence-corrected chi connectivity index (χ4v) is 2.11. The van der Waals surface area contributed by atoms with Gasteiger partial charge < -0.3 is 19.9 Å². The molecule has 0 heterocycles. The smallest absolute Gasteiger partial charge is 0.0945 e. The second-order valence-electron chi connectivity index (χ2n) is 5.01. The predicted molar refractivity (Wildman–Crippen MR) is 87.2 cm³/mol. The van der Waals surface area contributed by atoms with Crippen molar-refractivity contribution in [3.8, 4) is 0 Å². The van der Waals surface area contributed by atoms with Gasteiger partial charge in [0.05, 0.1) is 36.6 Å². The maximum Gasteiger partial charge on any atom is 0.0945 e. The van der Waals surface area contributed by atoms with Crippen molar-refractivity contribution in [1.82, 2.24) is 0 Å². The molecule has 1 atom stereocenters. The van der Waals surface area contributed by atoms with Crippen LogP contribution in [0.4, 0.5) is 5.69 Å². The van der Waals surface area contributed by atoms with Gasteiger partial charge in [-0.3, -0.25) is 0 Å². The Labute approximate surface area is 132 Å². The molecule has 2 N–H and O–H groups in total. The molecule has 0 aliphatic carbocycles. The van der Waals surface area contributed by atoms with Crippen molar-refractivity contribution in [2.45, 2.75) is 32.8 Å².